The molecule has 2 aromatic heterocycles. The molecule has 0 saturated heterocycles. The highest BCUT2D eigenvalue weighted by Gasteiger charge is 2.35. The van der Waals surface area contributed by atoms with Gasteiger partial charge in [-0.25, -0.2) is 0 Å². The average Bonchev–Trinajstić information content (AvgIpc) is 3.09. The number of amides is 1. The van der Waals surface area contributed by atoms with Crippen molar-refractivity contribution >= 4 is 11.7 Å². The van der Waals surface area contributed by atoms with Crippen LogP contribution in [0.1, 0.15) is 41.4 Å². The zero-order valence-electron chi connectivity index (χ0n) is 15.2. The number of nitrogens with one attached hydrogen (secondary N) is 2. The predicted octanol–water partition coefficient (Wildman–Crippen LogP) is 3.66. The Bertz CT molecular complexity index is 917. The van der Waals surface area contributed by atoms with Gasteiger partial charge in [-0.2, -0.15) is 5.10 Å². The summed E-state index contributed by atoms with van der Waals surface area (Å²) in [6.07, 6.45) is 7.56. The molecule has 2 N–H and O–H groups in total. The van der Waals surface area contributed by atoms with Crippen molar-refractivity contribution in [1.29, 1.82) is 0 Å². The second kappa shape index (κ2) is 7.61. The summed E-state index contributed by atoms with van der Waals surface area (Å²) >= 11 is 0. The summed E-state index contributed by atoms with van der Waals surface area (Å²) in [5, 5.41) is 10.0. The monoisotopic (exact) mass is 362 g/mol. The number of benzene rings is 1. The first-order valence-electron chi connectivity index (χ1n) is 9.09. The number of aromatic amines is 1. The normalized spacial score (nSPS) is 18.6. The summed E-state index contributed by atoms with van der Waals surface area (Å²) in [5.41, 5.74) is 3.21. The van der Waals surface area contributed by atoms with Crippen LogP contribution in [0.15, 0.2) is 55.0 Å². The van der Waals surface area contributed by atoms with Gasteiger partial charge in [0, 0.05) is 18.0 Å². The molecule has 0 unspecified atom stereocenters. The minimum atomic E-state index is -0.0749. The fraction of sp³-hybridized carbons (Fsp3) is 0.286. The van der Waals surface area contributed by atoms with Gasteiger partial charge in [-0.05, 0) is 47.9 Å². The number of para-hydroxylation sites is 1. The maximum Gasteiger partial charge on any atom is 0.229 e. The number of ether oxygens (including phenoxy) is 1. The van der Waals surface area contributed by atoms with E-state index in [0.29, 0.717) is 24.1 Å². The van der Waals surface area contributed by atoms with E-state index in [1.807, 2.05) is 36.5 Å². The van der Waals surface area contributed by atoms with Crippen LogP contribution in [0.2, 0.25) is 0 Å². The molecule has 0 bridgehead atoms. The number of carbonyl (C=O) groups excluding carboxylic acids is 1. The van der Waals surface area contributed by atoms with Crippen molar-refractivity contribution in [2.45, 2.75) is 31.1 Å². The van der Waals surface area contributed by atoms with Crippen LogP contribution in [0.3, 0.4) is 0 Å². The van der Waals surface area contributed by atoms with Crippen molar-refractivity contribution < 1.29 is 9.53 Å². The van der Waals surface area contributed by atoms with Crippen molar-refractivity contribution in [2.24, 2.45) is 0 Å². The molecule has 27 heavy (non-hydrogen) atoms. The fourth-order valence-electron chi connectivity index (χ4n) is 3.71. The van der Waals surface area contributed by atoms with Crippen LogP contribution in [-0.4, -0.2) is 28.2 Å². The number of hydrogen-bond acceptors (Lipinski definition) is 4. The van der Waals surface area contributed by atoms with E-state index in [-0.39, 0.29) is 5.91 Å². The smallest absolute Gasteiger partial charge is 0.229 e. The fourth-order valence-corrected chi connectivity index (χ4v) is 3.71. The van der Waals surface area contributed by atoms with Crippen LogP contribution in [0.5, 0.6) is 5.75 Å². The highest BCUT2D eigenvalue weighted by atomic mass is 16.5. The molecular weight excluding hydrogens is 340 g/mol. The number of pyridine rings is 1. The van der Waals surface area contributed by atoms with Gasteiger partial charge >= 0.3 is 0 Å². The second-order valence-electron chi connectivity index (χ2n) is 6.89. The van der Waals surface area contributed by atoms with Gasteiger partial charge in [0.05, 0.1) is 19.7 Å². The number of nitrogens with zero attached hydrogens (tertiary/aromatic N) is 2. The largest absolute Gasteiger partial charge is 0.496 e. The Balaban J connectivity index is 1.39. The first-order chi connectivity index (χ1) is 13.2. The summed E-state index contributed by atoms with van der Waals surface area (Å²) < 4.78 is 5.48. The van der Waals surface area contributed by atoms with E-state index in [0.717, 1.165) is 29.7 Å². The SMILES string of the molecule is COc1ccccc1C1CC(c2cn[nH]c2NC(=O)Cc2cccnc2)C1. The van der Waals surface area contributed by atoms with E-state index < -0.39 is 0 Å². The Hall–Kier alpha value is -3.15. The molecule has 3 aromatic rings. The van der Waals surface area contributed by atoms with Crippen LogP contribution in [0, 0.1) is 0 Å². The molecule has 0 radical (unpaired) electrons. The first kappa shape index (κ1) is 17.3. The average molecular weight is 362 g/mol. The highest BCUT2D eigenvalue weighted by Crippen LogP contribution is 2.50. The number of anilines is 1. The van der Waals surface area contributed by atoms with Crippen molar-refractivity contribution in [1.82, 2.24) is 15.2 Å². The third-order valence-corrected chi connectivity index (χ3v) is 5.18. The Morgan fingerprint density at radius 2 is 1.96 bits per heavy atom. The van der Waals surface area contributed by atoms with Crippen LogP contribution in [-0.2, 0) is 11.2 Å². The van der Waals surface area contributed by atoms with Gasteiger partial charge in [-0.15, -0.1) is 0 Å². The lowest BCUT2D eigenvalue weighted by atomic mass is 9.69. The number of aromatic nitrogens is 3. The Morgan fingerprint density at radius 1 is 1.15 bits per heavy atom. The molecule has 6 nitrogen and oxygen atoms in total. The van der Waals surface area contributed by atoms with E-state index in [9.17, 15) is 4.79 Å². The Morgan fingerprint density at radius 3 is 2.74 bits per heavy atom. The van der Waals surface area contributed by atoms with Crippen molar-refractivity contribution in [3.8, 4) is 5.75 Å². The van der Waals surface area contributed by atoms with Crippen molar-refractivity contribution in [3.63, 3.8) is 0 Å². The standard InChI is InChI=1S/C21H22N4O2/c1-27-19-7-3-2-6-17(19)15-10-16(11-15)18-13-23-25-21(18)24-20(26)9-14-5-4-8-22-12-14/h2-8,12-13,15-16H,9-11H2,1H3,(H2,23,24,25,26). The molecule has 1 aliphatic rings. The van der Waals surface area contributed by atoms with E-state index in [4.69, 9.17) is 4.74 Å². The number of H-pyrrole nitrogens is 1. The highest BCUT2D eigenvalue weighted by molar-refractivity contribution is 5.92. The molecule has 1 aliphatic carbocycles. The Kier molecular flexibility index (Phi) is 4.87. The summed E-state index contributed by atoms with van der Waals surface area (Å²) in [4.78, 5) is 16.4. The minimum absolute atomic E-state index is 0.0749. The summed E-state index contributed by atoms with van der Waals surface area (Å²) in [7, 11) is 1.71. The molecule has 0 aliphatic heterocycles. The summed E-state index contributed by atoms with van der Waals surface area (Å²) in [5.74, 6) is 2.42. The number of methoxy groups -OCH3 is 1. The minimum Gasteiger partial charge on any atom is -0.496 e. The van der Waals surface area contributed by atoms with Gasteiger partial charge in [0.2, 0.25) is 5.91 Å². The molecular formula is C21H22N4O2. The molecule has 1 amide bonds. The molecule has 1 saturated carbocycles. The van der Waals surface area contributed by atoms with E-state index in [1.165, 1.54) is 5.56 Å². The lowest BCUT2D eigenvalue weighted by Crippen LogP contribution is -2.22. The van der Waals surface area contributed by atoms with Gasteiger partial charge < -0.3 is 10.1 Å². The van der Waals surface area contributed by atoms with Gasteiger partial charge in [-0.1, -0.05) is 24.3 Å². The number of rotatable bonds is 6. The second-order valence-corrected chi connectivity index (χ2v) is 6.89. The van der Waals surface area contributed by atoms with Crippen LogP contribution in [0.4, 0.5) is 5.82 Å². The summed E-state index contributed by atoms with van der Waals surface area (Å²) in [6, 6.07) is 11.9. The molecule has 4 rings (SSSR count). The van der Waals surface area contributed by atoms with Gasteiger partial charge in [0.15, 0.2) is 0 Å². The lowest BCUT2D eigenvalue weighted by molar-refractivity contribution is -0.115. The molecule has 1 aromatic carbocycles. The number of hydrogen-bond donors (Lipinski definition) is 2. The number of carbonyl (C=O) groups is 1. The van der Waals surface area contributed by atoms with Crippen LogP contribution < -0.4 is 10.1 Å². The first-order valence-corrected chi connectivity index (χ1v) is 9.09. The maximum atomic E-state index is 12.3. The van der Waals surface area contributed by atoms with Gasteiger partial charge in [0.25, 0.3) is 0 Å². The third kappa shape index (κ3) is 3.69. The zero-order valence-corrected chi connectivity index (χ0v) is 15.2. The van der Waals surface area contributed by atoms with Crippen LogP contribution >= 0.6 is 0 Å². The predicted molar refractivity (Wildman–Crippen MR) is 103 cm³/mol. The third-order valence-electron chi connectivity index (χ3n) is 5.18. The van der Waals surface area contributed by atoms with Crippen molar-refractivity contribution in [3.05, 3.63) is 71.7 Å². The Labute approximate surface area is 158 Å². The molecule has 138 valence electrons. The van der Waals surface area contributed by atoms with Crippen molar-refractivity contribution in [2.75, 3.05) is 12.4 Å². The van der Waals surface area contributed by atoms with E-state index >= 15 is 0 Å². The van der Waals surface area contributed by atoms with Gasteiger partial charge in [-0.3, -0.25) is 14.9 Å². The van der Waals surface area contributed by atoms with Crippen LogP contribution in [0.25, 0.3) is 0 Å². The summed E-state index contributed by atoms with van der Waals surface area (Å²) in [6.45, 7) is 0. The molecule has 1 fully saturated rings. The molecule has 2 heterocycles. The topological polar surface area (TPSA) is 79.9 Å². The van der Waals surface area contributed by atoms with E-state index in [2.05, 4.69) is 26.6 Å². The van der Waals surface area contributed by atoms with Gasteiger partial charge in [0.1, 0.15) is 11.6 Å². The molecule has 6 heteroatoms. The lowest BCUT2D eigenvalue weighted by Gasteiger charge is -2.36. The molecule has 0 spiro atoms. The van der Waals surface area contributed by atoms with E-state index in [1.54, 1.807) is 19.5 Å². The zero-order chi connectivity index (χ0) is 18.6. The maximum absolute atomic E-state index is 12.3. The quantitative estimate of drug-likeness (QED) is 0.701. The molecule has 0 atom stereocenters.